The van der Waals surface area contributed by atoms with Gasteiger partial charge in [0.15, 0.2) is 0 Å². The Labute approximate surface area is 111 Å². The number of nitriles is 1. The van der Waals surface area contributed by atoms with Crippen molar-refractivity contribution in [2.24, 2.45) is 0 Å². The zero-order valence-electron chi connectivity index (χ0n) is 11.2. The van der Waals surface area contributed by atoms with Crippen LogP contribution in [0.25, 0.3) is 0 Å². The van der Waals surface area contributed by atoms with Crippen LogP contribution in [0.4, 0.5) is 15.8 Å². The molecule has 0 heterocycles. The minimum Gasteiger partial charge on any atom is -0.362 e. The lowest BCUT2D eigenvalue weighted by molar-refractivity contribution is -0.384. The molecule has 1 aliphatic carbocycles. The fourth-order valence-electron chi connectivity index (χ4n) is 1.56. The van der Waals surface area contributed by atoms with E-state index in [1.807, 2.05) is 19.9 Å². The van der Waals surface area contributed by atoms with E-state index < -0.39 is 16.3 Å². The summed E-state index contributed by atoms with van der Waals surface area (Å²) in [5.41, 5.74) is -0.682. The van der Waals surface area contributed by atoms with Crippen LogP contribution < -0.4 is 5.32 Å². The first-order valence-electron chi connectivity index (χ1n) is 6.11. The van der Waals surface area contributed by atoms with Crippen LogP contribution >= 0.6 is 0 Å². The number of nitrogens with zero attached hydrogens (tertiary/aromatic N) is 2. The van der Waals surface area contributed by atoms with Crippen molar-refractivity contribution < 1.29 is 9.31 Å². The van der Waals surface area contributed by atoms with E-state index >= 15 is 0 Å². The van der Waals surface area contributed by atoms with Gasteiger partial charge in [-0.05, 0) is 25.3 Å². The lowest BCUT2D eigenvalue weighted by Gasteiger charge is -2.11. The third kappa shape index (κ3) is 3.19. The number of benzene rings is 1. The highest BCUT2D eigenvalue weighted by Gasteiger charge is 2.44. The first kappa shape index (κ1) is 14.9. The number of rotatable bonds is 3. The highest BCUT2D eigenvalue weighted by molar-refractivity contribution is 5.65. The molecular weight excluding hydrogens is 249 g/mol. The summed E-state index contributed by atoms with van der Waals surface area (Å²) in [5, 5.41) is 22.5. The fourth-order valence-corrected chi connectivity index (χ4v) is 1.56. The molecule has 0 unspecified atom stereocenters. The molecule has 0 amide bonds. The Bertz CT molecular complexity index is 533. The Kier molecular flexibility index (Phi) is 4.43. The molecular formula is C13H16FN3O2. The summed E-state index contributed by atoms with van der Waals surface area (Å²) in [6, 6.07) is 4.29. The molecule has 6 heteroatoms. The Balaban J connectivity index is 0.000000861. The predicted octanol–water partition coefficient (Wildman–Crippen LogP) is 3.54. The third-order valence-electron chi connectivity index (χ3n) is 2.81. The summed E-state index contributed by atoms with van der Waals surface area (Å²) >= 11 is 0. The van der Waals surface area contributed by atoms with Crippen LogP contribution in [0.15, 0.2) is 12.1 Å². The summed E-state index contributed by atoms with van der Waals surface area (Å²) in [4.78, 5) is 10.3. The quantitative estimate of drug-likeness (QED) is 0.669. The van der Waals surface area contributed by atoms with Crippen LogP contribution in [0.5, 0.6) is 0 Å². The van der Waals surface area contributed by atoms with Gasteiger partial charge in [-0.1, -0.05) is 13.8 Å². The molecule has 0 bridgehead atoms. The molecule has 0 aliphatic heterocycles. The topological polar surface area (TPSA) is 79.0 Å². The van der Waals surface area contributed by atoms with Crippen LogP contribution in [0.3, 0.4) is 0 Å². The van der Waals surface area contributed by atoms with Crippen LogP contribution in [0.2, 0.25) is 0 Å². The van der Waals surface area contributed by atoms with Gasteiger partial charge in [0.05, 0.1) is 11.0 Å². The van der Waals surface area contributed by atoms with Crippen molar-refractivity contribution in [3.63, 3.8) is 0 Å². The molecule has 0 radical (unpaired) electrons. The van der Waals surface area contributed by atoms with E-state index in [0.717, 1.165) is 6.07 Å². The maximum Gasteiger partial charge on any atom is 0.292 e. The van der Waals surface area contributed by atoms with Gasteiger partial charge in [0.25, 0.3) is 5.69 Å². The maximum absolute atomic E-state index is 13.4. The molecule has 0 aromatic heterocycles. The summed E-state index contributed by atoms with van der Waals surface area (Å²) in [6.45, 7) is 5.46. The van der Waals surface area contributed by atoms with Gasteiger partial charge in [-0.25, -0.2) is 4.39 Å². The van der Waals surface area contributed by atoms with E-state index in [1.165, 1.54) is 13.0 Å². The zero-order valence-corrected chi connectivity index (χ0v) is 11.2. The zero-order chi connectivity index (χ0) is 14.6. The highest BCUT2D eigenvalue weighted by Crippen LogP contribution is 2.40. The highest BCUT2D eigenvalue weighted by atomic mass is 19.1. The summed E-state index contributed by atoms with van der Waals surface area (Å²) in [7, 11) is 0. The Morgan fingerprint density at radius 2 is 2.05 bits per heavy atom. The number of aryl methyl sites for hydroxylation is 1. The lowest BCUT2D eigenvalue weighted by atomic mass is 10.1. The molecule has 5 nitrogen and oxygen atoms in total. The second-order valence-corrected chi connectivity index (χ2v) is 4.19. The van der Waals surface area contributed by atoms with Gasteiger partial charge in [-0.3, -0.25) is 10.1 Å². The monoisotopic (exact) mass is 265 g/mol. The summed E-state index contributed by atoms with van der Waals surface area (Å²) in [5.74, 6) is -0.521. The number of halogens is 1. The average Bonchev–Trinajstić information content (AvgIpc) is 3.16. The molecule has 102 valence electrons. The van der Waals surface area contributed by atoms with Gasteiger partial charge in [-0.2, -0.15) is 5.26 Å². The van der Waals surface area contributed by atoms with Crippen LogP contribution in [-0.2, 0) is 0 Å². The minimum absolute atomic E-state index is 0.0668. The van der Waals surface area contributed by atoms with Crippen LogP contribution in [-0.4, -0.2) is 10.5 Å². The van der Waals surface area contributed by atoms with Crippen molar-refractivity contribution >= 4 is 11.4 Å². The molecule has 1 aromatic rings. The molecule has 1 aliphatic rings. The standard InChI is InChI=1S/C11H10FN3O2.C2H6/c1-7-4-10(15(16)17)9(5-8(7)12)14-11(6-13)2-3-11;1-2/h4-5,14H,2-3H2,1H3;1-2H3. The van der Waals surface area contributed by atoms with Crippen molar-refractivity contribution in [1.82, 2.24) is 0 Å². The molecule has 0 spiro atoms. The van der Waals surface area contributed by atoms with E-state index in [-0.39, 0.29) is 16.9 Å². The molecule has 1 N–H and O–H groups in total. The lowest BCUT2D eigenvalue weighted by Crippen LogP contribution is -2.19. The molecule has 1 aromatic carbocycles. The third-order valence-corrected chi connectivity index (χ3v) is 2.81. The van der Waals surface area contributed by atoms with Gasteiger partial charge in [-0.15, -0.1) is 0 Å². The second-order valence-electron chi connectivity index (χ2n) is 4.19. The van der Waals surface area contributed by atoms with Crippen molar-refractivity contribution in [2.45, 2.75) is 39.2 Å². The van der Waals surface area contributed by atoms with Crippen LogP contribution in [0, 0.1) is 34.2 Å². The van der Waals surface area contributed by atoms with Gasteiger partial charge in [0.2, 0.25) is 0 Å². The Hall–Kier alpha value is -2.16. The van der Waals surface area contributed by atoms with Gasteiger partial charge < -0.3 is 5.32 Å². The number of nitro groups is 1. The van der Waals surface area contributed by atoms with Crippen molar-refractivity contribution in [1.29, 1.82) is 5.26 Å². The second kappa shape index (κ2) is 5.65. The maximum atomic E-state index is 13.4. The molecule has 0 atom stereocenters. The summed E-state index contributed by atoms with van der Waals surface area (Å²) < 4.78 is 13.4. The first-order chi connectivity index (χ1) is 8.97. The van der Waals surface area contributed by atoms with E-state index in [1.54, 1.807) is 0 Å². The number of hydrogen-bond donors (Lipinski definition) is 1. The average molecular weight is 265 g/mol. The number of anilines is 1. The minimum atomic E-state index is -0.757. The summed E-state index contributed by atoms with van der Waals surface area (Å²) in [6.07, 6.45) is 1.24. The SMILES string of the molecule is CC.Cc1cc([N+](=O)[O-])c(NC2(C#N)CC2)cc1F. The number of nitrogens with one attached hydrogen (secondary N) is 1. The van der Waals surface area contributed by atoms with Gasteiger partial charge in [0.1, 0.15) is 17.0 Å². The molecule has 0 saturated heterocycles. The number of hydrogen-bond acceptors (Lipinski definition) is 4. The van der Waals surface area contributed by atoms with E-state index in [0.29, 0.717) is 12.8 Å². The van der Waals surface area contributed by atoms with Crippen molar-refractivity contribution in [3.8, 4) is 6.07 Å². The molecule has 2 rings (SSSR count). The predicted molar refractivity (Wildman–Crippen MR) is 70.3 cm³/mol. The fraction of sp³-hybridized carbons (Fsp3) is 0.462. The van der Waals surface area contributed by atoms with Crippen molar-refractivity contribution in [3.05, 3.63) is 33.6 Å². The Morgan fingerprint density at radius 1 is 1.47 bits per heavy atom. The molecule has 19 heavy (non-hydrogen) atoms. The Morgan fingerprint density at radius 3 is 2.47 bits per heavy atom. The van der Waals surface area contributed by atoms with E-state index in [4.69, 9.17) is 5.26 Å². The van der Waals surface area contributed by atoms with Gasteiger partial charge in [0, 0.05) is 12.1 Å². The van der Waals surface area contributed by atoms with Crippen molar-refractivity contribution in [2.75, 3.05) is 5.32 Å². The van der Waals surface area contributed by atoms with Crippen LogP contribution in [0.1, 0.15) is 32.3 Å². The van der Waals surface area contributed by atoms with Gasteiger partial charge >= 0.3 is 0 Å². The number of nitro benzene ring substituents is 1. The molecule has 1 saturated carbocycles. The van der Waals surface area contributed by atoms with E-state index in [9.17, 15) is 14.5 Å². The smallest absolute Gasteiger partial charge is 0.292 e. The largest absolute Gasteiger partial charge is 0.362 e. The first-order valence-corrected chi connectivity index (χ1v) is 6.11. The molecule has 1 fully saturated rings. The normalized spacial score (nSPS) is 14.7. The van der Waals surface area contributed by atoms with E-state index in [2.05, 4.69) is 5.32 Å².